The largest absolute Gasteiger partial charge is 0.347 e. The van der Waals surface area contributed by atoms with E-state index in [0.717, 1.165) is 28.4 Å². The van der Waals surface area contributed by atoms with E-state index in [4.69, 9.17) is 0 Å². The second-order valence-corrected chi connectivity index (χ2v) is 8.46. The number of carbonyl (C=O) groups is 3. The van der Waals surface area contributed by atoms with Gasteiger partial charge < -0.3 is 15.1 Å². The smallest absolute Gasteiger partial charge is 0.242 e. The summed E-state index contributed by atoms with van der Waals surface area (Å²) < 4.78 is 0. The summed E-state index contributed by atoms with van der Waals surface area (Å²) >= 11 is 0. The molecule has 162 valence electrons. The summed E-state index contributed by atoms with van der Waals surface area (Å²) in [7, 11) is 0. The first-order chi connectivity index (χ1) is 15.6. The van der Waals surface area contributed by atoms with Crippen LogP contribution in [0.5, 0.6) is 0 Å². The molecule has 32 heavy (non-hydrogen) atoms. The Morgan fingerprint density at radius 2 is 1.69 bits per heavy atom. The number of benzene rings is 3. The van der Waals surface area contributed by atoms with Crippen LogP contribution < -0.4 is 10.2 Å². The average Bonchev–Trinajstić information content (AvgIpc) is 3.23. The summed E-state index contributed by atoms with van der Waals surface area (Å²) in [6, 6.07) is 21.9. The van der Waals surface area contributed by atoms with Gasteiger partial charge in [0.15, 0.2) is 0 Å². The van der Waals surface area contributed by atoms with Crippen molar-refractivity contribution in [2.45, 2.75) is 19.4 Å². The Morgan fingerprint density at radius 1 is 0.938 bits per heavy atom. The zero-order valence-corrected chi connectivity index (χ0v) is 17.8. The lowest BCUT2D eigenvalue weighted by molar-refractivity contribution is -0.134. The van der Waals surface area contributed by atoms with Crippen LogP contribution in [0.3, 0.4) is 0 Å². The fourth-order valence-corrected chi connectivity index (χ4v) is 4.69. The van der Waals surface area contributed by atoms with Gasteiger partial charge in [0.05, 0.1) is 18.2 Å². The topological polar surface area (TPSA) is 69.7 Å². The van der Waals surface area contributed by atoms with Gasteiger partial charge in [-0.05, 0) is 29.0 Å². The molecule has 6 nitrogen and oxygen atoms in total. The highest BCUT2D eigenvalue weighted by molar-refractivity contribution is 6.07. The normalized spacial score (nSPS) is 18.0. The highest BCUT2D eigenvalue weighted by Crippen LogP contribution is 2.31. The van der Waals surface area contributed by atoms with E-state index in [2.05, 4.69) is 11.4 Å². The molecule has 3 aromatic rings. The molecule has 1 atom stereocenters. The third-order valence-corrected chi connectivity index (χ3v) is 6.45. The summed E-state index contributed by atoms with van der Waals surface area (Å²) in [6.45, 7) is 1.51. The predicted molar refractivity (Wildman–Crippen MR) is 123 cm³/mol. The van der Waals surface area contributed by atoms with Gasteiger partial charge in [0.25, 0.3) is 0 Å². The predicted octanol–water partition coefficient (Wildman–Crippen LogP) is 2.89. The molecule has 5 rings (SSSR count). The third kappa shape index (κ3) is 3.84. The molecule has 3 amide bonds. The van der Waals surface area contributed by atoms with E-state index in [0.29, 0.717) is 19.6 Å². The third-order valence-electron chi connectivity index (χ3n) is 6.45. The molecule has 2 aliphatic heterocycles. The second-order valence-electron chi connectivity index (χ2n) is 8.46. The zero-order chi connectivity index (χ0) is 22.1. The molecule has 0 radical (unpaired) electrons. The summed E-state index contributed by atoms with van der Waals surface area (Å²) in [5.41, 5.74) is 3.26. The molecular weight excluding hydrogens is 402 g/mol. The van der Waals surface area contributed by atoms with Gasteiger partial charge in [-0.25, -0.2) is 0 Å². The minimum atomic E-state index is -0.462. The number of fused-ring (bicyclic) bond motifs is 2. The van der Waals surface area contributed by atoms with Crippen LogP contribution in [-0.2, 0) is 27.3 Å². The molecule has 0 aliphatic carbocycles. The van der Waals surface area contributed by atoms with Crippen molar-refractivity contribution < 1.29 is 14.4 Å². The van der Waals surface area contributed by atoms with Crippen molar-refractivity contribution in [3.63, 3.8) is 0 Å². The summed E-state index contributed by atoms with van der Waals surface area (Å²) in [5.74, 6) is -0.869. The monoisotopic (exact) mass is 427 g/mol. The van der Waals surface area contributed by atoms with Crippen LogP contribution in [0, 0.1) is 5.92 Å². The highest BCUT2D eigenvalue weighted by atomic mass is 16.2. The lowest BCUT2D eigenvalue weighted by Gasteiger charge is -2.29. The van der Waals surface area contributed by atoms with Crippen molar-refractivity contribution in [1.29, 1.82) is 0 Å². The van der Waals surface area contributed by atoms with E-state index in [1.807, 2.05) is 60.7 Å². The van der Waals surface area contributed by atoms with Crippen molar-refractivity contribution in [1.82, 2.24) is 10.2 Å². The number of carbonyl (C=O) groups excluding carboxylic acids is 3. The van der Waals surface area contributed by atoms with Gasteiger partial charge >= 0.3 is 0 Å². The van der Waals surface area contributed by atoms with Crippen LogP contribution in [0.4, 0.5) is 5.69 Å². The number of anilines is 1. The lowest BCUT2D eigenvalue weighted by atomic mass is 10.00. The van der Waals surface area contributed by atoms with E-state index in [9.17, 15) is 14.4 Å². The molecule has 1 N–H and O–H groups in total. The van der Waals surface area contributed by atoms with Gasteiger partial charge in [-0.2, -0.15) is 0 Å². The number of hydrogen-bond donors (Lipinski definition) is 1. The number of nitrogens with one attached hydrogen (secondary N) is 1. The van der Waals surface area contributed by atoms with Crippen molar-refractivity contribution in [3.05, 3.63) is 77.9 Å². The molecule has 0 saturated carbocycles. The first kappa shape index (κ1) is 20.2. The first-order valence-electron chi connectivity index (χ1n) is 11.0. The molecule has 1 unspecified atom stereocenters. The first-order valence-corrected chi connectivity index (χ1v) is 11.0. The Bertz CT molecular complexity index is 1200. The fraction of sp³-hybridized carbons (Fsp3) is 0.269. The Hall–Kier alpha value is -3.67. The average molecular weight is 428 g/mol. The van der Waals surface area contributed by atoms with Crippen LogP contribution in [0.2, 0.25) is 0 Å². The minimum absolute atomic E-state index is 0.0417. The fourth-order valence-electron chi connectivity index (χ4n) is 4.69. The second kappa shape index (κ2) is 8.46. The number of hydrogen-bond acceptors (Lipinski definition) is 3. The minimum Gasteiger partial charge on any atom is -0.347 e. The van der Waals surface area contributed by atoms with E-state index >= 15 is 0 Å². The Morgan fingerprint density at radius 3 is 2.56 bits per heavy atom. The van der Waals surface area contributed by atoms with Gasteiger partial charge in [0.2, 0.25) is 17.7 Å². The molecule has 1 fully saturated rings. The van der Waals surface area contributed by atoms with E-state index in [-0.39, 0.29) is 30.7 Å². The maximum absolute atomic E-state index is 12.8. The van der Waals surface area contributed by atoms with Crippen molar-refractivity contribution in [3.8, 4) is 0 Å². The van der Waals surface area contributed by atoms with Gasteiger partial charge in [-0.3, -0.25) is 14.4 Å². The van der Waals surface area contributed by atoms with E-state index < -0.39 is 5.92 Å². The molecular formula is C26H25N3O3. The number of rotatable bonds is 4. The Kier molecular flexibility index (Phi) is 5.35. The van der Waals surface area contributed by atoms with E-state index in [1.54, 1.807) is 9.80 Å². The van der Waals surface area contributed by atoms with Gasteiger partial charge in [-0.15, -0.1) is 0 Å². The van der Waals surface area contributed by atoms with Crippen LogP contribution in [0.25, 0.3) is 10.8 Å². The maximum Gasteiger partial charge on any atom is 0.242 e. The van der Waals surface area contributed by atoms with Gasteiger partial charge in [0.1, 0.15) is 0 Å². The number of amides is 3. The molecule has 1 saturated heterocycles. The van der Waals surface area contributed by atoms with Crippen molar-refractivity contribution >= 4 is 34.2 Å². The molecule has 0 aromatic heterocycles. The molecule has 3 aromatic carbocycles. The summed E-state index contributed by atoms with van der Waals surface area (Å²) in [5, 5.41) is 4.81. The number of nitrogens with zero attached hydrogens (tertiary/aromatic N) is 2. The van der Waals surface area contributed by atoms with Crippen molar-refractivity contribution in [2.75, 3.05) is 24.5 Å². The van der Waals surface area contributed by atoms with Crippen LogP contribution in [0.1, 0.15) is 17.5 Å². The zero-order valence-electron chi connectivity index (χ0n) is 17.8. The Balaban J connectivity index is 1.21. The molecule has 0 bridgehead atoms. The molecule has 2 aliphatic rings. The summed E-state index contributed by atoms with van der Waals surface area (Å²) in [6.07, 6.45) is 0.979. The lowest BCUT2D eigenvalue weighted by Crippen LogP contribution is -2.44. The van der Waals surface area contributed by atoms with Crippen LogP contribution >= 0.6 is 0 Å². The van der Waals surface area contributed by atoms with Crippen LogP contribution in [0.15, 0.2) is 66.7 Å². The van der Waals surface area contributed by atoms with Crippen molar-refractivity contribution in [2.24, 2.45) is 5.92 Å². The van der Waals surface area contributed by atoms with Gasteiger partial charge in [0, 0.05) is 31.4 Å². The molecule has 2 heterocycles. The summed E-state index contributed by atoms with van der Waals surface area (Å²) in [4.78, 5) is 41.6. The standard InChI is InChI=1S/C26H25N3O3/c30-24-14-21(17-29(24)23-11-5-9-19-7-3-4-10-22(19)23)26(32)27-15-25(31)28-13-12-18-6-1-2-8-20(18)16-28/h1-11,21H,12-17H2,(H,27,32). The molecule has 0 spiro atoms. The SMILES string of the molecule is O=C(NCC(=O)N1CCc2ccccc2C1)C1CC(=O)N(c2cccc3ccccc23)C1. The Labute approximate surface area is 186 Å². The maximum atomic E-state index is 12.8. The highest BCUT2D eigenvalue weighted by Gasteiger charge is 2.36. The van der Waals surface area contributed by atoms with E-state index in [1.165, 1.54) is 5.56 Å². The van der Waals surface area contributed by atoms with Gasteiger partial charge in [-0.1, -0.05) is 60.7 Å². The van der Waals surface area contributed by atoms with Crippen LogP contribution in [-0.4, -0.2) is 42.3 Å². The molecule has 6 heteroatoms. The quantitative estimate of drug-likeness (QED) is 0.696.